The lowest BCUT2D eigenvalue weighted by Gasteiger charge is -2.19. The number of rotatable bonds is 6. The van der Waals surface area contributed by atoms with Crippen LogP contribution in [0.3, 0.4) is 0 Å². The third-order valence-corrected chi connectivity index (χ3v) is 3.39. The Balaban J connectivity index is 2.11. The fourth-order valence-corrected chi connectivity index (χ4v) is 2.22. The first-order valence-corrected chi connectivity index (χ1v) is 7.04. The Bertz CT molecular complexity index is 476. The van der Waals surface area contributed by atoms with E-state index in [0.29, 0.717) is 12.0 Å². The lowest BCUT2D eigenvalue weighted by Crippen LogP contribution is -2.28. The molecule has 1 atom stereocenters. The van der Waals surface area contributed by atoms with E-state index in [1.54, 1.807) is 6.26 Å². The average Bonchev–Trinajstić information content (AvgIpc) is 2.88. The van der Waals surface area contributed by atoms with Crippen LogP contribution in [-0.2, 0) is 6.42 Å². The van der Waals surface area contributed by atoms with Crippen LogP contribution in [0.15, 0.2) is 47.1 Å². The first-order valence-electron chi connectivity index (χ1n) is 6.66. The monoisotopic (exact) mass is 277 g/mol. The van der Waals surface area contributed by atoms with Gasteiger partial charge in [0.25, 0.3) is 0 Å². The molecule has 1 unspecified atom stereocenters. The Morgan fingerprint density at radius 3 is 2.47 bits per heavy atom. The minimum Gasteiger partial charge on any atom is -0.469 e. The fraction of sp³-hybridized carbons (Fsp3) is 0.375. The number of furan rings is 1. The normalized spacial score (nSPS) is 12.8. The van der Waals surface area contributed by atoms with Gasteiger partial charge in [-0.1, -0.05) is 37.6 Å². The predicted octanol–water partition coefficient (Wildman–Crippen LogP) is 4.26. The summed E-state index contributed by atoms with van der Waals surface area (Å²) < 4.78 is 5.46. The van der Waals surface area contributed by atoms with Gasteiger partial charge in [0.05, 0.1) is 6.26 Å². The van der Waals surface area contributed by atoms with Gasteiger partial charge >= 0.3 is 0 Å². The molecule has 1 N–H and O–H groups in total. The second-order valence-electron chi connectivity index (χ2n) is 5.09. The van der Waals surface area contributed by atoms with Crippen LogP contribution < -0.4 is 5.32 Å². The molecular weight excluding hydrogens is 258 g/mol. The van der Waals surface area contributed by atoms with E-state index in [-0.39, 0.29) is 0 Å². The van der Waals surface area contributed by atoms with Crippen molar-refractivity contribution in [3.63, 3.8) is 0 Å². The molecule has 3 heteroatoms. The van der Waals surface area contributed by atoms with Gasteiger partial charge in [-0.3, -0.25) is 0 Å². The van der Waals surface area contributed by atoms with Crippen molar-refractivity contribution < 1.29 is 4.42 Å². The van der Waals surface area contributed by atoms with Crippen LogP contribution in [0.25, 0.3) is 0 Å². The summed E-state index contributed by atoms with van der Waals surface area (Å²) in [5.74, 6) is 1.41. The van der Waals surface area contributed by atoms with E-state index in [1.165, 1.54) is 5.56 Å². The zero-order valence-corrected chi connectivity index (χ0v) is 12.2. The molecule has 2 aromatic rings. The molecule has 2 nitrogen and oxygen atoms in total. The van der Waals surface area contributed by atoms with Crippen LogP contribution in [0.2, 0.25) is 5.02 Å². The summed E-state index contributed by atoms with van der Waals surface area (Å²) in [4.78, 5) is 0. The molecule has 1 aromatic heterocycles. The summed E-state index contributed by atoms with van der Waals surface area (Å²) in [5, 5.41) is 4.27. The highest BCUT2D eigenvalue weighted by Crippen LogP contribution is 2.22. The molecule has 2 rings (SSSR count). The SMILES string of the molecule is CC(C)NCC(Cc1ccco1)c1ccc(Cl)cc1. The van der Waals surface area contributed by atoms with Crippen LogP contribution >= 0.6 is 11.6 Å². The standard InChI is InChI=1S/C16H20ClNO/c1-12(2)18-11-14(10-16-4-3-9-19-16)13-5-7-15(17)8-6-13/h3-9,12,14,18H,10-11H2,1-2H3. The summed E-state index contributed by atoms with van der Waals surface area (Å²) in [6.07, 6.45) is 2.62. The topological polar surface area (TPSA) is 25.2 Å². The van der Waals surface area contributed by atoms with E-state index < -0.39 is 0 Å². The van der Waals surface area contributed by atoms with Gasteiger partial charge in [-0.15, -0.1) is 0 Å². The van der Waals surface area contributed by atoms with Gasteiger partial charge in [0.1, 0.15) is 5.76 Å². The molecule has 0 saturated carbocycles. The molecule has 19 heavy (non-hydrogen) atoms. The van der Waals surface area contributed by atoms with Gasteiger partial charge in [-0.2, -0.15) is 0 Å². The van der Waals surface area contributed by atoms with Gasteiger partial charge in [0, 0.05) is 29.9 Å². The average molecular weight is 278 g/mol. The molecule has 1 aromatic carbocycles. The fourth-order valence-electron chi connectivity index (χ4n) is 2.09. The Morgan fingerprint density at radius 1 is 1.16 bits per heavy atom. The zero-order valence-electron chi connectivity index (χ0n) is 11.4. The first kappa shape index (κ1) is 14.2. The summed E-state index contributed by atoms with van der Waals surface area (Å²) in [6.45, 7) is 5.25. The van der Waals surface area contributed by atoms with Crippen molar-refractivity contribution >= 4 is 11.6 Å². The summed E-state index contributed by atoms with van der Waals surface area (Å²) in [6, 6.07) is 12.5. The van der Waals surface area contributed by atoms with Gasteiger partial charge in [-0.05, 0) is 29.8 Å². The number of hydrogen-bond acceptors (Lipinski definition) is 2. The highest BCUT2D eigenvalue weighted by atomic mass is 35.5. The van der Waals surface area contributed by atoms with Crippen LogP contribution in [0.4, 0.5) is 0 Å². The smallest absolute Gasteiger partial charge is 0.104 e. The van der Waals surface area contributed by atoms with Crippen molar-refractivity contribution in [3.8, 4) is 0 Å². The van der Waals surface area contributed by atoms with Gasteiger partial charge in [0.2, 0.25) is 0 Å². The maximum atomic E-state index is 5.95. The second-order valence-corrected chi connectivity index (χ2v) is 5.53. The van der Waals surface area contributed by atoms with E-state index >= 15 is 0 Å². The van der Waals surface area contributed by atoms with Gasteiger partial charge in [-0.25, -0.2) is 0 Å². The Kier molecular flexibility index (Phi) is 5.06. The molecule has 0 saturated heterocycles. The summed E-state index contributed by atoms with van der Waals surface area (Å²) in [5.41, 5.74) is 1.29. The van der Waals surface area contributed by atoms with Crippen molar-refractivity contribution in [1.82, 2.24) is 5.32 Å². The number of halogens is 1. The quantitative estimate of drug-likeness (QED) is 0.854. The van der Waals surface area contributed by atoms with E-state index in [4.69, 9.17) is 16.0 Å². The lowest BCUT2D eigenvalue weighted by molar-refractivity contribution is 0.461. The maximum absolute atomic E-state index is 5.95. The lowest BCUT2D eigenvalue weighted by atomic mass is 9.94. The molecule has 0 radical (unpaired) electrons. The second kappa shape index (κ2) is 6.78. The predicted molar refractivity (Wildman–Crippen MR) is 79.7 cm³/mol. The largest absolute Gasteiger partial charge is 0.469 e. The molecule has 0 amide bonds. The van der Waals surface area contributed by atoms with Crippen molar-refractivity contribution in [2.45, 2.75) is 32.2 Å². The summed E-state index contributed by atoms with van der Waals surface area (Å²) >= 11 is 5.95. The maximum Gasteiger partial charge on any atom is 0.104 e. The molecule has 0 aliphatic rings. The zero-order chi connectivity index (χ0) is 13.7. The molecule has 0 fully saturated rings. The molecule has 0 bridgehead atoms. The van der Waals surface area contributed by atoms with Gasteiger partial charge in [0.15, 0.2) is 0 Å². The van der Waals surface area contributed by atoms with Crippen LogP contribution in [0.5, 0.6) is 0 Å². The molecule has 1 heterocycles. The van der Waals surface area contributed by atoms with Crippen LogP contribution in [0, 0.1) is 0 Å². The van der Waals surface area contributed by atoms with Crippen molar-refractivity contribution in [1.29, 1.82) is 0 Å². The van der Waals surface area contributed by atoms with Crippen molar-refractivity contribution in [2.24, 2.45) is 0 Å². The third-order valence-electron chi connectivity index (χ3n) is 3.14. The van der Waals surface area contributed by atoms with E-state index in [1.807, 2.05) is 24.3 Å². The number of benzene rings is 1. The number of hydrogen-bond donors (Lipinski definition) is 1. The summed E-state index contributed by atoms with van der Waals surface area (Å²) in [7, 11) is 0. The molecular formula is C16H20ClNO. The number of nitrogens with one attached hydrogen (secondary N) is 1. The van der Waals surface area contributed by atoms with E-state index in [2.05, 4.69) is 31.3 Å². The minimum atomic E-state index is 0.394. The van der Waals surface area contributed by atoms with E-state index in [0.717, 1.165) is 23.7 Å². The highest BCUT2D eigenvalue weighted by molar-refractivity contribution is 6.30. The molecule has 102 valence electrons. The Labute approximate surface area is 119 Å². The molecule has 0 aliphatic carbocycles. The first-order chi connectivity index (χ1) is 9.15. The molecule has 0 aliphatic heterocycles. The van der Waals surface area contributed by atoms with Crippen molar-refractivity contribution in [3.05, 3.63) is 59.0 Å². The minimum absolute atomic E-state index is 0.394. The van der Waals surface area contributed by atoms with Crippen LogP contribution in [-0.4, -0.2) is 12.6 Å². The third kappa shape index (κ3) is 4.41. The highest BCUT2D eigenvalue weighted by Gasteiger charge is 2.14. The Morgan fingerprint density at radius 2 is 1.89 bits per heavy atom. The van der Waals surface area contributed by atoms with E-state index in [9.17, 15) is 0 Å². The van der Waals surface area contributed by atoms with Crippen molar-refractivity contribution in [2.75, 3.05) is 6.54 Å². The molecule has 0 spiro atoms. The van der Waals surface area contributed by atoms with Crippen LogP contribution in [0.1, 0.15) is 31.1 Å². The Hall–Kier alpha value is -1.25. The van der Waals surface area contributed by atoms with Gasteiger partial charge < -0.3 is 9.73 Å².